The number of nitrogens with zero attached hydrogens (tertiary/aromatic N) is 1. The SMILES string of the molecule is CC(C)c1c(N)noc1-c1cc2c(s1)CCCC2. The van der Waals surface area contributed by atoms with Gasteiger partial charge in [0, 0.05) is 10.4 Å². The number of thiophene rings is 1. The number of aryl methyl sites for hydroxylation is 2. The minimum Gasteiger partial charge on any atom is -0.381 e. The van der Waals surface area contributed by atoms with Crippen molar-refractivity contribution in [3.63, 3.8) is 0 Å². The molecule has 0 aromatic carbocycles. The second kappa shape index (κ2) is 4.43. The van der Waals surface area contributed by atoms with Gasteiger partial charge in [-0.1, -0.05) is 19.0 Å². The summed E-state index contributed by atoms with van der Waals surface area (Å²) in [5.41, 5.74) is 8.44. The van der Waals surface area contributed by atoms with Crippen molar-refractivity contribution in [2.24, 2.45) is 0 Å². The highest BCUT2D eigenvalue weighted by Crippen LogP contribution is 2.40. The van der Waals surface area contributed by atoms with Crippen LogP contribution in [0.4, 0.5) is 5.82 Å². The molecule has 1 aliphatic rings. The Bertz CT molecular complexity index is 545. The lowest BCUT2D eigenvalue weighted by Gasteiger charge is -2.08. The second-order valence-electron chi connectivity index (χ2n) is 5.23. The van der Waals surface area contributed by atoms with E-state index < -0.39 is 0 Å². The van der Waals surface area contributed by atoms with Gasteiger partial charge in [-0.3, -0.25) is 0 Å². The van der Waals surface area contributed by atoms with Gasteiger partial charge >= 0.3 is 0 Å². The molecule has 0 bridgehead atoms. The summed E-state index contributed by atoms with van der Waals surface area (Å²) in [5.74, 6) is 1.75. The van der Waals surface area contributed by atoms with Crippen molar-refractivity contribution in [2.45, 2.75) is 45.4 Å². The molecule has 0 aliphatic heterocycles. The highest BCUT2D eigenvalue weighted by Gasteiger charge is 2.22. The molecule has 0 saturated carbocycles. The van der Waals surface area contributed by atoms with E-state index in [0.717, 1.165) is 11.3 Å². The maximum atomic E-state index is 5.90. The number of hydrogen-bond acceptors (Lipinski definition) is 4. The van der Waals surface area contributed by atoms with Crippen LogP contribution < -0.4 is 5.73 Å². The quantitative estimate of drug-likeness (QED) is 0.890. The summed E-state index contributed by atoms with van der Waals surface area (Å²) >= 11 is 1.84. The fraction of sp³-hybridized carbons (Fsp3) is 0.500. The van der Waals surface area contributed by atoms with Gasteiger partial charge < -0.3 is 10.3 Å². The lowest BCUT2D eigenvalue weighted by Crippen LogP contribution is -1.96. The smallest absolute Gasteiger partial charge is 0.182 e. The highest BCUT2D eigenvalue weighted by atomic mass is 32.1. The third-order valence-corrected chi connectivity index (χ3v) is 4.79. The molecule has 0 spiro atoms. The van der Waals surface area contributed by atoms with Crippen molar-refractivity contribution in [2.75, 3.05) is 5.73 Å². The van der Waals surface area contributed by atoms with Crippen LogP contribution >= 0.6 is 11.3 Å². The van der Waals surface area contributed by atoms with Gasteiger partial charge in [-0.2, -0.15) is 0 Å². The molecule has 2 N–H and O–H groups in total. The Morgan fingerprint density at radius 2 is 2.11 bits per heavy atom. The summed E-state index contributed by atoms with van der Waals surface area (Å²) in [4.78, 5) is 2.70. The number of nitrogens with two attached hydrogens (primary N) is 1. The molecule has 18 heavy (non-hydrogen) atoms. The zero-order valence-electron chi connectivity index (χ0n) is 10.8. The number of anilines is 1. The Morgan fingerprint density at radius 3 is 2.83 bits per heavy atom. The maximum Gasteiger partial charge on any atom is 0.182 e. The molecule has 0 atom stereocenters. The summed E-state index contributed by atoms with van der Waals surface area (Å²) in [6.45, 7) is 4.25. The van der Waals surface area contributed by atoms with Crippen LogP contribution in [0.2, 0.25) is 0 Å². The molecular weight excluding hydrogens is 244 g/mol. The minimum atomic E-state index is 0.338. The molecule has 3 rings (SSSR count). The number of fused-ring (bicyclic) bond motifs is 1. The number of aromatic nitrogens is 1. The van der Waals surface area contributed by atoms with Crippen molar-refractivity contribution < 1.29 is 4.52 Å². The van der Waals surface area contributed by atoms with E-state index >= 15 is 0 Å². The van der Waals surface area contributed by atoms with Gasteiger partial charge in [0.25, 0.3) is 0 Å². The normalized spacial score (nSPS) is 15.1. The molecule has 0 radical (unpaired) electrons. The second-order valence-corrected chi connectivity index (χ2v) is 6.37. The Morgan fingerprint density at radius 1 is 1.33 bits per heavy atom. The first-order chi connectivity index (χ1) is 8.66. The number of nitrogen functional groups attached to an aromatic ring is 1. The van der Waals surface area contributed by atoms with Crippen LogP contribution in [-0.4, -0.2) is 5.16 Å². The molecule has 2 heterocycles. The maximum absolute atomic E-state index is 5.90. The van der Waals surface area contributed by atoms with E-state index in [0.29, 0.717) is 11.7 Å². The molecule has 2 aromatic rings. The van der Waals surface area contributed by atoms with Crippen LogP contribution in [0.3, 0.4) is 0 Å². The molecule has 3 nitrogen and oxygen atoms in total. The van der Waals surface area contributed by atoms with Crippen molar-refractivity contribution in [1.82, 2.24) is 5.16 Å². The summed E-state index contributed by atoms with van der Waals surface area (Å²) in [5, 5.41) is 3.93. The van der Waals surface area contributed by atoms with E-state index in [9.17, 15) is 0 Å². The van der Waals surface area contributed by atoms with Gasteiger partial charge in [0.1, 0.15) is 0 Å². The summed E-state index contributed by atoms with van der Waals surface area (Å²) in [7, 11) is 0. The van der Waals surface area contributed by atoms with E-state index in [4.69, 9.17) is 10.3 Å². The third-order valence-electron chi connectivity index (χ3n) is 3.55. The summed E-state index contributed by atoms with van der Waals surface area (Å²) in [6, 6.07) is 2.27. The first-order valence-corrected chi connectivity index (χ1v) is 7.35. The predicted octanol–water partition coefficient (Wildman–Crippen LogP) is 3.99. The molecule has 0 saturated heterocycles. The van der Waals surface area contributed by atoms with Crippen LogP contribution in [0.25, 0.3) is 10.6 Å². The molecule has 2 aromatic heterocycles. The molecule has 0 fully saturated rings. The van der Waals surface area contributed by atoms with Crippen LogP contribution in [0, 0.1) is 0 Å². The summed E-state index contributed by atoms with van der Waals surface area (Å²) < 4.78 is 5.46. The first kappa shape index (κ1) is 11.8. The summed E-state index contributed by atoms with van der Waals surface area (Å²) in [6.07, 6.45) is 5.02. The van der Waals surface area contributed by atoms with Gasteiger partial charge in [0.15, 0.2) is 11.6 Å². The first-order valence-electron chi connectivity index (χ1n) is 6.54. The molecule has 4 heteroatoms. The predicted molar refractivity (Wildman–Crippen MR) is 75.0 cm³/mol. The van der Waals surface area contributed by atoms with Crippen molar-refractivity contribution >= 4 is 17.2 Å². The van der Waals surface area contributed by atoms with Gasteiger partial charge in [0.05, 0.1) is 4.88 Å². The number of hydrogen-bond donors (Lipinski definition) is 1. The third kappa shape index (κ3) is 1.85. The average Bonchev–Trinajstić information content (AvgIpc) is 2.91. The van der Waals surface area contributed by atoms with E-state index in [1.165, 1.54) is 41.0 Å². The molecule has 1 aliphatic carbocycles. The van der Waals surface area contributed by atoms with Crippen molar-refractivity contribution in [3.8, 4) is 10.6 Å². The van der Waals surface area contributed by atoms with Gasteiger partial charge in [-0.25, -0.2) is 0 Å². The Kier molecular flexibility index (Phi) is 2.90. The molecule has 0 unspecified atom stereocenters. The van der Waals surface area contributed by atoms with E-state index in [1.807, 2.05) is 11.3 Å². The van der Waals surface area contributed by atoms with Gasteiger partial charge in [0.2, 0.25) is 0 Å². The molecule has 96 valence electrons. The highest BCUT2D eigenvalue weighted by molar-refractivity contribution is 7.15. The van der Waals surface area contributed by atoms with Gasteiger partial charge in [-0.05, 0) is 43.2 Å². The molecular formula is C14H18N2OS. The van der Waals surface area contributed by atoms with E-state index in [2.05, 4.69) is 25.1 Å². The largest absolute Gasteiger partial charge is 0.381 e. The Labute approximate surface area is 111 Å². The molecule has 0 amide bonds. The van der Waals surface area contributed by atoms with Crippen LogP contribution in [0.15, 0.2) is 10.6 Å². The monoisotopic (exact) mass is 262 g/mol. The Balaban J connectivity index is 2.07. The van der Waals surface area contributed by atoms with E-state index in [-0.39, 0.29) is 0 Å². The Hall–Kier alpha value is -1.29. The number of rotatable bonds is 2. The van der Waals surface area contributed by atoms with Crippen LogP contribution in [0.1, 0.15) is 48.6 Å². The van der Waals surface area contributed by atoms with Crippen molar-refractivity contribution in [3.05, 3.63) is 22.1 Å². The average molecular weight is 262 g/mol. The topological polar surface area (TPSA) is 52.0 Å². The van der Waals surface area contributed by atoms with Gasteiger partial charge in [-0.15, -0.1) is 11.3 Å². The fourth-order valence-corrected chi connectivity index (χ4v) is 3.89. The fourth-order valence-electron chi connectivity index (χ4n) is 2.65. The zero-order chi connectivity index (χ0) is 12.7. The lowest BCUT2D eigenvalue weighted by molar-refractivity contribution is 0.435. The van der Waals surface area contributed by atoms with E-state index in [1.54, 1.807) is 0 Å². The lowest BCUT2D eigenvalue weighted by atomic mass is 9.98. The van der Waals surface area contributed by atoms with Crippen molar-refractivity contribution in [1.29, 1.82) is 0 Å². The standard InChI is InChI=1S/C14H18N2OS/c1-8(2)12-13(17-16-14(12)15)11-7-9-5-3-4-6-10(9)18-11/h7-8H,3-6H2,1-2H3,(H2,15,16). The van der Waals surface area contributed by atoms with Crippen LogP contribution in [0.5, 0.6) is 0 Å². The zero-order valence-corrected chi connectivity index (χ0v) is 11.6. The minimum absolute atomic E-state index is 0.338. The van der Waals surface area contributed by atoms with Crippen LogP contribution in [-0.2, 0) is 12.8 Å².